The van der Waals surface area contributed by atoms with Crippen molar-refractivity contribution in [1.29, 1.82) is 0 Å². The molecule has 30 heavy (non-hydrogen) atoms. The van der Waals surface area contributed by atoms with E-state index in [0.717, 1.165) is 9.47 Å². The number of sulfonamides is 1. The summed E-state index contributed by atoms with van der Waals surface area (Å²) in [7, 11) is -3.57. The van der Waals surface area contributed by atoms with E-state index in [0.29, 0.717) is 49.8 Å². The Morgan fingerprint density at radius 3 is 2.37 bits per heavy atom. The first kappa shape index (κ1) is 21.7. The van der Waals surface area contributed by atoms with E-state index in [4.69, 9.17) is 0 Å². The van der Waals surface area contributed by atoms with E-state index in [1.165, 1.54) is 27.8 Å². The third kappa shape index (κ3) is 4.56. The Hall–Kier alpha value is -1.49. The minimum Gasteiger partial charge on any atom is -0.368 e. The lowest BCUT2D eigenvalue weighted by Gasteiger charge is -2.39. The molecule has 10 heteroatoms. The second-order valence-electron chi connectivity index (χ2n) is 7.55. The van der Waals surface area contributed by atoms with E-state index in [1.54, 1.807) is 24.3 Å². The summed E-state index contributed by atoms with van der Waals surface area (Å²) in [5.74, 6) is -0.547. The normalized spacial score (nSPS) is 21.1. The second-order valence-corrected chi connectivity index (χ2v) is 12.2. The molecule has 2 aromatic rings. The van der Waals surface area contributed by atoms with Crippen molar-refractivity contribution in [3.05, 3.63) is 46.0 Å². The molecule has 1 aromatic carbocycles. The van der Waals surface area contributed by atoms with Gasteiger partial charge in [0.15, 0.2) is 0 Å². The number of amides is 1. The van der Waals surface area contributed by atoms with Gasteiger partial charge in [-0.1, -0.05) is 0 Å². The minimum absolute atomic E-state index is 0.0287. The number of benzene rings is 1. The third-order valence-electron chi connectivity index (χ3n) is 5.66. The number of piperidine rings is 1. The molecule has 0 N–H and O–H groups in total. The molecule has 1 aromatic heterocycles. The molecule has 0 bridgehead atoms. The number of halogens is 2. The average Bonchev–Trinajstić information content (AvgIpc) is 3.21. The highest BCUT2D eigenvalue weighted by molar-refractivity contribution is 9.11. The fourth-order valence-electron chi connectivity index (χ4n) is 4.02. The monoisotopic (exact) mass is 515 g/mol. The maximum Gasteiger partial charge on any atom is 0.252 e. The number of thiophene rings is 1. The molecule has 2 saturated heterocycles. The topological polar surface area (TPSA) is 60.9 Å². The van der Waals surface area contributed by atoms with E-state index in [1.807, 2.05) is 4.90 Å². The first-order valence-corrected chi connectivity index (χ1v) is 12.9. The van der Waals surface area contributed by atoms with Gasteiger partial charge in [-0.05, 0) is 65.2 Å². The predicted octanol–water partition coefficient (Wildman–Crippen LogP) is 3.40. The number of carbonyl (C=O) groups excluding carboxylic acids is 1. The Balaban J connectivity index is 1.37. The minimum atomic E-state index is -3.57. The van der Waals surface area contributed by atoms with Crippen LogP contribution in [0.3, 0.4) is 0 Å². The molecule has 4 rings (SSSR count). The zero-order valence-corrected chi connectivity index (χ0v) is 19.6. The molecule has 0 aliphatic carbocycles. The summed E-state index contributed by atoms with van der Waals surface area (Å²) >= 11 is 4.50. The number of carbonyl (C=O) groups is 1. The Morgan fingerprint density at radius 2 is 1.73 bits per heavy atom. The van der Waals surface area contributed by atoms with E-state index in [2.05, 4.69) is 20.8 Å². The maximum absolute atomic E-state index is 13.1. The Bertz CT molecular complexity index is 1000. The van der Waals surface area contributed by atoms with Gasteiger partial charge in [0.1, 0.15) is 10.0 Å². The van der Waals surface area contributed by atoms with Crippen molar-refractivity contribution in [2.45, 2.75) is 17.1 Å². The molecule has 2 aliphatic rings. The predicted molar refractivity (Wildman–Crippen MR) is 119 cm³/mol. The molecular formula is C20H23BrFN3O3S2. The van der Waals surface area contributed by atoms with Crippen molar-refractivity contribution in [3.8, 4) is 0 Å². The summed E-state index contributed by atoms with van der Waals surface area (Å²) in [6, 6.07) is 9.71. The van der Waals surface area contributed by atoms with Crippen LogP contribution in [0.2, 0.25) is 0 Å². The molecule has 0 spiro atoms. The Morgan fingerprint density at radius 1 is 1.03 bits per heavy atom. The quantitative estimate of drug-likeness (QED) is 0.625. The highest BCUT2D eigenvalue weighted by atomic mass is 79.9. The van der Waals surface area contributed by atoms with Crippen LogP contribution in [0.1, 0.15) is 12.8 Å². The molecule has 1 atom stereocenters. The number of anilines is 1. The zero-order chi connectivity index (χ0) is 21.3. The number of piperazine rings is 1. The van der Waals surface area contributed by atoms with Gasteiger partial charge in [0.05, 0.1) is 9.70 Å². The van der Waals surface area contributed by atoms with Gasteiger partial charge in [-0.25, -0.2) is 12.8 Å². The number of hydrogen-bond donors (Lipinski definition) is 0. The van der Waals surface area contributed by atoms with E-state index in [-0.39, 0.29) is 24.2 Å². The third-order valence-corrected chi connectivity index (χ3v) is 9.62. The molecule has 6 nitrogen and oxygen atoms in total. The van der Waals surface area contributed by atoms with Crippen molar-refractivity contribution in [1.82, 2.24) is 9.21 Å². The van der Waals surface area contributed by atoms with Gasteiger partial charge in [0.2, 0.25) is 5.91 Å². The second kappa shape index (κ2) is 8.94. The molecule has 3 heterocycles. The molecular weight excluding hydrogens is 493 g/mol. The van der Waals surface area contributed by atoms with Gasteiger partial charge in [-0.3, -0.25) is 4.79 Å². The van der Waals surface area contributed by atoms with Crippen LogP contribution >= 0.6 is 27.3 Å². The van der Waals surface area contributed by atoms with Crippen LogP contribution < -0.4 is 4.90 Å². The van der Waals surface area contributed by atoms with Crippen LogP contribution in [-0.2, 0) is 14.8 Å². The van der Waals surface area contributed by atoms with Gasteiger partial charge >= 0.3 is 0 Å². The van der Waals surface area contributed by atoms with Crippen molar-refractivity contribution < 1.29 is 17.6 Å². The lowest BCUT2D eigenvalue weighted by atomic mass is 9.97. The molecule has 0 unspecified atom stereocenters. The summed E-state index contributed by atoms with van der Waals surface area (Å²) in [4.78, 5) is 17.1. The van der Waals surface area contributed by atoms with Crippen LogP contribution in [0, 0.1) is 11.7 Å². The van der Waals surface area contributed by atoms with Gasteiger partial charge in [-0.2, -0.15) is 4.31 Å². The van der Waals surface area contributed by atoms with E-state index >= 15 is 0 Å². The SMILES string of the molecule is O=C([C@H]1CCCN(S(=O)(=O)c2ccc(Br)s2)C1)N1CCN(c2ccc(F)cc2)CC1. The summed E-state index contributed by atoms with van der Waals surface area (Å²) in [5, 5.41) is 0. The highest BCUT2D eigenvalue weighted by Gasteiger charge is 2.36. The fraction of sp³-hybridized carbons (Fsp3) is 0.450. The number of nitrogens with zero attached hydrogens (tertiary/aromatic N) is 3. The van der Waals surface area contributed by atoms with Crippen LogP contribution in [0.15, 0.2) is 44.4 Å². The smallest absolute Gasteiger partial charge is 0.252 e. The molecule has 2 aliphatic heterocycles. The summed E-state index contributed by atoms with van der Waals surface area (Å²) in [6.07, 6.45) is 1.38. The van der Waals surface area contributed by atoms with Gasteiger partial charge in [0, 0.05) is 45.0 Å². The zero-order valence-electron chi connectivity index (χ0n) is 16.3. The van der Waals surface area contributed by atoms with Crippen LogP contribution in [-0.4, -0.2) is 62.8 Å². The molecule has 162 valence electrons. The molecule has 0 radical (unpaired) electrons. The van der Waals surface area contributed by atoms with Gasteiger partial charge in [-0.15, -0.1) is 11.3 Å². The van der Waals surface area contributed by atoms with Crippen LogP contribution in [0.25, 0.3) is 0 Å². The fourth-order valence-corrected chi connectivity index (χ4v) is 7.71. The summed E-state index contributed by atoms with van der Waals surface area (Å²) in [6.45, 7) is 3.19. The maximum atomic E-state index is 13.1. The highest BCUT2D eigenvalue weighted by Crippen LogP contribution is 2.31. The molecule has 2 fully saturated rings. The molecule has 1 amide bonds. The Labute approximate surface area is 188 Å². The standard InChI is InChI=1S/C20H23BrFN3O3S2/c21-18-7-8-19(29-18)30(27,28)25-9-1-2-15(14-25)20(26)24-12-10-23(11-13-24)17-5-3-16(22)4-6-17/h3-8,15H,1-2,9-14H2/t15-/m0/s1. The Kier molecular flexibility index (Phi) is 6.47. The molecule has 0 saturated carbocycles. The first-order chi connectivity index (χ1) is 14.3. The van der Waals surface area contributed by atoms with Crippen molar-refractivity contribution in [2.24, 2.45) is 5.92 Å². The first-order valence-electron chi connectivity index (χ1n) is 9.89. The lowest BCUT2D eigenvalue weighted by molar-refractivity contribution is -0.137. The van der Waals surface area contributed by atoms with Crippen LogP contribution in [0.4, 0.5) is 10.1 Å². The van der Waals surface area contributed by atoms with E-state index in [9.17, 15) is 17.6 Å². The number of hydrogen-bond acceptors (Lipinski definition) is 5. The average molecular weight is 516 g/mol. The van der Waals surface area contributed by atoms with E-state index < -0.39 is 10.0 Å². The largest absolute Gasteiger partial charge is 0.368 e. The van der Waals surface area contributed by atoms with Crippen molar-refractivity contribution in [2.75, 3.05) is 44.2 Å². The van der Waals surface area contributed by atoms with Gasteiger partial charge < -0.3 is 9.80 Å². The summed E-state index contributed by atoms with van der Waals surface area (Å²) in [5.41, 5.74) is 0.945. The van der Waals surface area contributed by atoms with Crippen LogP contribution in [0.5, 0.6) is 0 Å². The van der Waals surface area contributed by atoms with Crippen molar-refractivity contribution >= 4 is 48.9 Å². The number of rotatable bonds is 4. The van der Waals surface area contributed by atoms with Crippen molar-refractivity contribution in [3.63, 3.8) is 0 Å². The summed E-state index contributed by atoms with van der Waals surface area (Å²) < 4.78 is 41.5. The van der Waals surface area contributed by atoms with Gasteiger partial charge in [0.25, 0.3) is 10.0 Å². The lowest BCUT2D eigenvalue weighted by Crippen LogP contribution is -2.53.